The summed E-state index contributed by atoms with van der Waals surface area (Å²) in [6.45, 7) is -0.269. The van der Waals surface area contributed by atoms with Gasteiger partial charge in [-0.3, -0.25) is 4.79 Å². The number of ether oxygens (including phenoxy) is 3. The number of hydrogen-bond donors (Lipinski definition) is 3. The largest absolute Gasteiger partial charge is 0.507 e. The predicted molar refractivity (Wildman–Crippen MR) is 87.8 cm³/mol. The lowest BCUT2D eigenvalue weighted by Gasteiger charge is -2.32. The molecular formula is C18H18O7. The average Bonchev–Trinajstić information content (AvgIpc) is 2.59. The number of rotatable bonds is 4. The highest BCUT2D eigenvalue weighted by atomic mass is 16.5. The molecule has 1 atom stereocenters. The Labute approximate surface area is 144 Å². The van der Waals surface area contributed by atoms with Crippen LogP contribution in [0.25, 0.3) is 0 Å². The van der Waals surface area contributed by atoms with Crippen LogP contribution < -0.4 is 14.2 Å². The number of ketones is 1. The van der Waals surface area contributed by atoms with Gasteiger partial charge in [-0.2, -0.15) is 0 Å². The first-order chi connectivity index (χ1) is 11.9. The zero-order valence-corrected chi connectivity index (χ0v) is 13.8. The molecule has 2 aromatic rings. The zero-order valence-electron chi connectivity index (χ0n) is 13.8. The van der Waals surface area contributed by atoms with Crippen LogP contribution in [-0.4, -0.2) is 47.5 Å². The van der Waals surface area contributed by atoms with Gasteiger partial charge in [-0.1, -0.05) is 6.07 Å². The van der Waals surface area contributed by atoms with Crippen LogP contribution >= 0.6 is 0 Å². The second kappa shape index (κ2) is 6.18. The molecule has 0 fully saturated rings. The lowest BCUT2D eigenvalue weighted by atomic mass is 9.85. The minimum Gasteiger partial charge on any atom is -0.507 e. The van der Waals surface area contributed by atoms with Gasteiger partial charge in [0.1, 0.15) is 29.4 Å². The molecule has 7 nitrogen and oxygen atoms in total. The van der Waals surface area contributed by atoms with E-state index in [0.717, 1.165) is 0 Å². The SMILES string of the molecule is COc1cc(O)c2c(c1)OCC(O)(Cc1ccc(O)c(OC)c1)C2=O. The molecule has 1 aliphatic heterocycles. The third-order valence-electron chi connectivity index (χ3n) is 4.15. The van der Waals surface area contributed by atoms with Crippen molar-refractivity contribution in [3.8, 4) is 28.7 Å². The molecule has 0 aromatic heterocycles. The molecule has 2 aromatic carbocycles. The summed E-state index contributed by atoms with van der Waals surface area (Å²) in [6.07, 6.45) is -0.0621. The van der Waals surface area contributed by atoms with E-state index in [1.54, 1.807) is 6.07 Å². The molecule has 0 aliphatic carbocycles. The molecule has 132 valence electrons. The van der Waals surface area contributed by atoms with E-state index in [-0.39, 0.29) is 41.6 Å². The van der Waals surface area contributed by atoms with E-state index in [1.165, 1.54) is 38.5 Å². The standard InChI is InChI=1S/C18H18O7/c1-23-11-6-13(20)16-15(7-11)25-9-18(22,17(16)21)8-10-3-4-12(19)14(5-10)24-2/h3-7,19-20,22H,8-9H2,1-2H3. The van der Waals surface area contributed by atoms with E-state index in [4.69, 9.17) is 14.2 Å². The van der Waals surface area contributed by atoms with Gasteiger partial charge >= 0.3 is 0 Å². The Bertz CT molecular complexity index is 830. The number of carbonyl (C=O) groups excluding carboxylic acids is 1. The van der Waals surface area contributed by atoms with Crippen molar-refractivity contribution in [2.45, 2.75) is 12.0 Å². The van der Waals surface area contributed by atoms with Crippen LogP contribution in [-0.2, 0) is 6.42 Å². The molecule has 1 heterocycles. The van der Waals surface area contributed by atoms with E-state index in [9.17, 15) is 20.1 Å². The molecule has 25 heavy (non-hydrogen) atoms. The molecule has 0 saturated heterocycles. The van der Waals surface area contributed by atoms with Gasteiger partial charge in [-0.15, -0.1) is 0 Å². The van der Waals surface area contributed by atoms with Crippen molar-refractivity contribution in [3.63, 3.8) is 0 Å². The Morgan fingerprint density at radius 1 is 1.12 bits per heavy atom. The number of aliphatic hydroxyl groups is 1. The van der Waals surface area contributed by atoms with E-state index >= 15 is 0 Å². The van der Waals surface area contributed by atoms with Crippen LogP contribution in [0.3, 0.4) is 0 Å². The highest BCUT2D eigenvalue weighted by molar-refractivity contribution is 6.08. The second-order valence-corrected chi connectivity index (χ2v) is 5.85. The van der Waals surface area contributed by atoms with Crippen molar-refractivity contribution < 1.29 is 34.3 Å². The third-order valence-corrected chi connectivity index (χ3v) is 4.15. The molecule has 1 unspecified atom stereocenters. The van der Waals surface area contributed by atoms with Gasteiger partial charge in [0.2, 0.25) is 5.78 Å². The molecule has 0 radical (unpaired) electrons. The van der Waals surface area contributed by atoms with Gasteiger partial charge in [0, 0.05) is 18.6 Å². The minimum absolute atomic E-state index is 0.0421. The Morgan fingerprint density at radius 3 is 2.56 bits per heavy atom. The summed E-state index contributed by atoms with van der Waals surface area (Å²) in [6, 6.07) is 7.30. The molecule has 3 rings (SSSR count). The highest BCUT2D eigenvalue weighted by Gasteiger charge is 2.44. The molecule has 0 spiro atoms. The number of Topliss-reactive ketones (excluding diaryl/α,β-unsaturated/α-hetero) is 1. The molecule has 0 bridgehead atoms. The van der Waals surface area contributed by atoms with Crippen LogP contribution in [0.2, 0.25) is 0 Å². The van der Waals surface area contributed by atoms with Crippen LogP contribution in [0.5, 0.6) is 28.7 Å². The smallest absolute Gasteiger partial charge is 0.205 e. The van der Waals surface area contributed by atoms with E-state index in [1.807, 2.05) is 0 Å². The first-order valence-corrected chi connectivity index (χ1v) is 7.55. The number of aromatic hydroxyl groups is 2. The second-order valence-electron chi connectivity index (χ2n) is 5.85. The van der Waals surface area contributed by atoms with Crippen LogP contribution in [0.1, 0.15) is 15.9 Å². The fourth-order valence-corrected chi connectivity index (χ4v) is 2.83. The fourth-order valence-electron chi connectivity index (χ4n) is 2.83. The molecule has 1 aliphatic rings. The van der Waals surface area contributed by atoms with Crippen molar-refractivity contribution in [1.82, 2.24) is 0 Å². The lowest BCUT2D eigenvalue weighted by Crippen LogP contribution is -2.49. The van der Waals surface area contributed by atoms with Gasteiger partial charge in [-0.05, 0) is 17.7 Å². The van der Waals surface area contributed by atoms with Gasteiger partial charge < -0.3 is 29.5 Å². The van der Waals surface area contributed by atoms with Gasteiger partial charge in [0.25, 0.3) is 0 Å². The molecule has 0 amide bonds. The Morgan fingerprint density at radius 2 is 1.88 bits per heavy atom. The molecule has 3 N–H and O–H groups in total. The van der Waals surface area contributed by atoms with Crippen molar-refractivity contribution in [2.24, 2.45) is 0 Å². The van der Waals surface area contributed by atoms with Gasteiger partial charge in [0.05, 0.1) is 14.2 Å². The van der Waals surface area contributed by atoms with E-state index < -0.39 is 11.4 Å². The maximum Gasteiger partial charge on any atom is 0.205 e. The number of carbonyl (C=O) groups is 1. The van der Waals surface area contributed by atoms with Crippen molar-refractivity contribution in [2.75, 3.05) is 20.8 Å². The van der Waals surface area contributed by atoms with Crippen molar-refractivity contribution in [3.05, 3.63) is 41.5 Å². The van der Waals surface area contributed by atoms with Gasteiger partial charge in [-0.25, -0.2) is 0 Å². The number of hydrogen-bond acceptors (Lipinski definition) is 7. The first-order valence-electron chi connectivity index (χ1n) is 7.55. The number of phenols is 2. The number of benzene rings is 2. The van der Waals surface area contributed by atoms with Crippen LogP contribution in [0, 0.1) is 0 Å². The zero-order chi connectivity index (χ0) is 18.2. The molecule has 7 heteroatoms. The highest BCUT2D eigenvalue weighted by Crippen LogP contribution is 2.40. The molecular weight excluding hydrogens is 328 g/mol. The Kier molecular flexibility index (Phi) is 4.18. The monoisotopic (exact) mass is 346 g/mol. The minimum atomic E-state index is -1.85. The summed E-state index contributed by atoms with van der Waals surface area (Å²) >= 11 is 0. The third kappa shape index (κ3) is 2.94. The fraction of sp³-hybridized carbons (Fsp3) is 0.278. The predicted octanol–water partition coefficient (Wildman–Crippen LogP) is 1.66. The summed E-state index contributed by atoms with van der Waals surface area (Å²) in [5, 5.41) is 30.6. The normalized spacial score (nSPS) is 19.1. The summed E-state index contributed by atoms with van der Waals surface area (Å²) in [4.78, 5) is 12.8. The maximum atomic E-state index is 12.8. The maximum absolute atomic E-state index is 12.8. The molecule has 0 saturated carbocycles. The average molecular weight is 346 g/mol. The lowest BCUT2D eigenvalue weighted by molar-refractivity contribution is -0.00242. The first kappa shape index (κ1) is 16.9. The number of fused-ring (bicyclic) bond motifs is 1. The van der Waals surface area contributed by atoms with Crippen LogP contribution in [0.4, 0.5) is 0 Å². The van der Waals surface area contributed by atoms with Crippen LogP contribution in [0.15, 0.2) is 30.3 Å². The van der Waals surface area contributed by atoms with Crippen molar-refractivity contribution in [1.29, 1.82) is 0 Å². The number of phenolic OH excluding ortho intramolecular Hbond substituents is 2. The van der Waals surface area contributed by atoms with Crippen molar-refractivity contribution >= 4 is 5.78 Å². The topological polar surface area (TPSA) is 105 Å². The van der Waals surface area contributed by atoms with Gasteiger partial charge in [0.15, 0.2) is 17.1 Å². The summed E-state index contributed by atoms with van der Waals surface area (Å²) in [5.41, 5.74) is -1.35. The summed E-state index contributed by atoms with van der Waals surface area (Å²) < 4.78 is 15.6. The Balaban J connectivity index is 1.94. The van der Waals surface area contributed by atoms with E-state index in [2.05, 4.69) is 0 Å². The number of methoxy groups -OCH3 is 2. The summed E-state index contributed by atoms with van der Waals surface area (Å²) in [5.74, 6) is -0.257. The Hall–Kier alpha value is -2.93. The summed E-state index contributed by atoms with van der Waals surface area (Å²) in [7, 11) is 2.84. The quantitative estimate of drug-likeness (QED) is 0.773. The van der Waals surface area contributed by atoms with E-state index in [0.29, 0.717) is 11.3 Å².